The number of hydrogen-bond donors (Lipinski definition) is 3. The Morgan fingerprint density at radius 1 is 1.18 bits per heavy atom. The molecule has 0 spiro atoms. The Kier molecular flexibility index (Phi) is 8.15. The SMILES string of the molecule is Cc1cc(OCCNc2ccnnc2)cc(N(CC(O)CO)S(=O)(=O)c2ccccc2F)c1. The summed E-state index contributed by atoms with van der Waals surface area (Å²) in [5.74, 6) is -0.520. The van der Waals surface area contributed by atoms with Crippen LogP contribution in [0.2, 0.25) is 0 Å². The van der Waals surface area contributed by atoms with Crippen LogP contribution >= 0.6 is 0 Å². The Balaban J connectivity index is 1.84. The van der Waals surface area contributed by atoms with E-state index < -0.39 is 40.0 Å². The topological polar surface area (TPSA) is 125 Å². The highest BCUT2D eigenvalue weighted by Crippen LogP contribution is 2.30. The molecule has 3 aromatic rings. The van der Waals surface area contributed by atoms with Crippen LogP contribution in [0.4, 0.5) is 15.8 Å². The molecule has 11 heteroatoms. The summed E-state index contributed by atoms with van der Waals surface area (Å²) >= 11 is 0. The number of aromatic nitrogens is 2. The van der Waals surface area contributed by atoms with Gasteiger partial charge in [-0.1, -0.05) is 12.1 Å². The highest BCUT2D eigenvalue weighted by atomic mass is 32.2. The number of anilines is 2. The van der Waals surface area contributed by atoms with Crippen LogP contribution in [0.15, 0.2) is 65.8 Å². The third-order valence-electron chi connectivity index (χ3n) is 4.60. The summed E-state index contributed by atoms with van der Waals surface area (Å²) < 4.78 is 47.5. The molecule has 0 saturated heterocycles. The van der Waals surface area contributed by atoms with Gasteiger partial charge in [0.25, 0.3) is 10.0 Å². The highest BCUT2D eigenvalue weighted by Gasteiger charge is 2.30. The Morgan fingerprint density at radius 3 is 2.67 bits per heavy atom. The van der Waals surface area contributed by atoms with Gasteiger partial charge in [0.05, 0.1) is 43.0 Å². The monoisotopic (exact) mass is 476 g/mol. The van der Waals surface area contributed by atoms with Gasteiger partial charge in [-0.05, 0) is 42.8 Å². The van der Waals surface area contributed by atoms with E-state index in [4.69, 9.17) is 4.74 Å². The summed E-state index contributed by atoms with van der Waals surface area (Å²) in [6.45, 7) is 1.36. The predicted octanol–water partition coefficient (Wildman–Crippen LogP) is 1.96. The van der Waals surface area contributed by atoms with E-state index in [1.807, 2.05) is 0 Å². The van der Waals surface area contributed by atoms with E-state index in [0.29, 0.717) is 17.9 Å². The van der Waals surface area contributed by atoms with Crippen LogP contribution in [0.3, 0.4) is 0 Å². The van der Waals surface area contributed by atoms with Crippen molar-refractivity contribution in [2.24, 2.45) is 0 Å². The smallest absolute Gasteiger partial charge is 0.267 e. The first kappa shape index (κ1) is 24.4. The van der Waals surface area contributed by atoms with E-state index in [2.05, 4.69) is 15.5 Å². The molecule has 0 amide bonds. The van der Waals surface area contributed by atoms with Crippen LogP contribution in [-0.2, 0) is 10.0 Å². The molecule has 9 nitrogen and oxygen atoms in total. The maximum Gasteiger partial charge on any atom is 0.267 e. The average molecular weight is 477 g/mol. The second-order valence-corrected chi connectivity index (χ2v) is 9.04. The fourth-order valence-electron chi connectivity index (χ4n) is 3.08. The molecule has 2 aromatic carbocycles. The van der Waals surface area contributed by atoms with Gasteiger partial charge in [0.15, 0.2) is 0 Å². The first-order valence-corrected chi connectivity index (χ1v) is 11.6. The van der Waals surface area contributed by atoms with Crippen molar-refractivity contribution >= 4 is 21.4 Å². The number of aliphatic hydroxyl groups excluding tert-OH is 2. The van der Waals surface area contributed by atoms with Crippen molar-refractivity contribution in [3.05, 3.63) is 72.3 Å². The van der Waals surface area contributed by atoms with Gasteiger partial charge in [0.2, 0.25) is 0 Å². The van der Waals surface area contributed by atoms with Gasteiger partial charge in [0, 0.05) is 12.6 Å². The van der Waals surface area contributed by atoms with E-state index in [0.717, 1.165) is 22.1 Å². The second kappa shape index (κ2) is 11.0. The van der Waals surface area contributed by atoms with E-state index in [1.165, 1.54) is 18.2 Å². The standard InChI is InChI=1S/C22H25FN4O5S/c1-16-10-18(12-20(11-16)32-9-8-24-17-6-7-25-26-13-17)27(14-19(29)15-28)33(30,31)22-5-3-2-4-21(22)23/h2-7,10-13,19,28-29H,8-9,14-15H2,1H3,(H,24,25). The van der Waals surface area contributed by atoms with Gasteiger partial charge in [-0.3, -0.25) is 4.31 Å². The molecule has 1 atom stereocenters. The van der Waals surface area contributed by atoms with E-state index in [9.17, 15) is 23.0 Å². The Bertz CT molecular complexity index is 1160. The van der Waals surface area contributed by atoms with Gasteiger partial charge in [-0.15, -0.1) is 0 Å². The first-order chi connectivity index (χ1) is 15.8. The summed E-state index contributed by atoms with van der Waals surface area (Å²) in [5.41, 5.74) is 1.65. The van der Waals surface area contributed by atoms with Crippen molar-refractivity contribution in [1.82, 2.24) is 10.2 Å². The molecule has 1 aromatic heterocycles. The number of nitrogens with zero attached hydrogens (tertiary/aromatic N) is 3. The molecule has 0 bridgehead atoms. The summed E-state index contributed by atoms with van der Waals surface area (Å²) in [6, 6.07) is 11.5. The van der Waals surface area contributed by atoms with Gasteiger partial charge < -0.3 is 20.3 Å². The number of aliphatic hydroxyl groups is 2. The second-order valence-electron chi connectivity index (χ2n) is 7.21. The lowest BCUT2D eigenvalue weighted by molar-refractivity contribution is 0.102. The van der Waals surface area contributed by atoms with Crippen molar-refractivity contribution in [2.75, 3.05) is 35.9 Å². The molecule has 3 N–H and O–H groups in total. The fraction of sp³-hybridized carbons (Fsp3) is 0.273. The van der Waals surface area contributed by atoms with Crippen molar-refractivity contribution in [3.8, 4) is 5.75 Å². The molecule has 0 saturated carbocycles. The Morgan fingerprint density at radius 2 is 1.97 bits per heavy atom. The normalized spacial score (nSPS) is 12.2. The minimum absolute atomic E-state index is 0.173. The largest absolute Gasteiger partial charge is 0.492 e. The highest BCUT2D eigenvalue weighted by molar-refractivity contribution is 7.92. The molecule has 0 aliphatic rings. The minimum Gasteiger partial charge on any atom is -0.492 e. The number of rotatable bonds is 11. The van der Waals surface area contributed by atoms with Crippen molar-refractivity contribution in [2.45, 2.75) is 17.9 Å². The summed E-state index contributed by atoms with van der Waals surface area (Å²) in [7, 11) is -4.38. The molecule has 1 heterocycles. The van der Waals surface area contributed by atoms with E-state index >= 15 is 0 Å². The number of halogens is 1. The number of sulfonamides is 1. The third kappa shape index (κ3) is 6.37. The Labute approximate surface area is 191 Å². The molecule has 33 heavy (non-hydrogen) atoms. The number of benzene rings is 2. The molecule has 0 aliphatic heterocycles. The van der Waals surface area contributed by atoms with Gasteiger partial charge >= 0.3 is 0 Å². The molecule has 1 unspecified atom stereocenters. The summed E-state index contributed by atoms with van der Waals surface area (Å²) in [5, 5.41) is 29.9. The molecule has 176 valence electrons. The molecule has 3 rings (SSSR count). The molecule has 0 fully saturated rings. The van der Waals surface area contributed by atoms with Crippen LogP contribution in [0, 0.1) is 12.7 Å². The van der Waals surface area contributed by atoms with Crippen molar-refractivity contribution in [3.63, 3.8) is 0 Å². The zero-order chi connectivity index (χ0) is 23.8. The van der Waals surface area contributed by atoms with E-state index in [-0.39, 0.29) is 12.3 Å². The number of nitrogens with one attached hydrogen (secondary N) is 1. The van der Waals surface area contributed by atoms with Crippen LogP contribution in [-0.4, -0.2) is 61.2 Å². The molecular weight excluding hydrogens is 451 g/mol. The maximum atomic E-state index is 14.3. The Hall–Kier alpha value is -3.28. The van der Waals surface area contributed by atoms with Crippen molar-refractivity contribution < 1.29 is 27.8 Å². The molecule has 0 radical (unpaired) electrons. The van der Waals surface area contributed by atoms with Crippen LogP contribution in [0.1, 0.15) is 5.56 Å². The zero-order valence-electron chi connectivity index (χ0n) is 17.9. The van der Waals surface area contributed by atoms with Crippen molar-refractivity contribution in [1.29, 1.82) is 0 Å². The zero-order valence-corrected chi connectivity index (χ0v) is 18.7. The van der Waals surface area contributed by atoms with E-state index in [1.54, 1.807) is 37.5 Å². The van der Waals surface area contributed by atoms with Crippen LogP contribution < -0.4 is 14.4 Å². The molecule has 0 aliphatic carbocycles. The summed E-state index contributed by atoms with van der Waals surface area (Å²) in [6.07, 6.45) is 1.76. The fourth-order valence-corrected chi connectivity index (χ4v) is 4.63. The lowest BCUT2D eigenvalue weighted by Crippen LogP contribution is -2.39. The minimum atomic E-state index is -4.38. The van der Waals surface area contributed by atoms with Gasteiger partial charge in [-0.25, -0.2) is 12.8 Å². The quantitative estimate of drug-likeness (QED) is 0.359. The third-order valence-corrected chi connectivity index (χ3v) is 6.43. The maximum absolute atomic E-state index is 14.3. The number of hydrogen-bond acceptors (Lipinski definition) is 8. The lowest BCUT2D eigenvalue weighted by atomic mass is 10.2. The predicted molar refractivity (Wildman–Crippen MR) is 121 cm³/mol. The number of aryl methyl sites for hydroxylation is 1. The van der Waals surface area contributed by atoms with Gasteiger partial charge in [0.1, 0.15) is 23.1 Å². The van der Waals surface area contributed by atoms with Crippen LogP contribution in [0.5, 0.6) is 5.75 Å². The summed E-state index contributed by atoms with van der Waals surface area (Å²) in [4.78, 5) is -0.533. The average Bonchev–Trinajstić information content (AvgIpc) is 2.80. The molecular formula is C22H25FN4O5S. The first-order valence-electron chi connectivity index (χ1n) is 10.1. The number of ether oxygens (including phenoxy) is 1. The lowest BCUT2D eigenvalue weighted by Gasteiger charge is -2.27. The van der Waals surface area contributed by atoms with Crippen LogP contribution in [0.25, 0.3) is 0 Å². The van der Waals surface area contributed by atoms with Gasteiger partial charge in [-0.2, -0.15) is 10.2 Å².